The van der Waals surface area contributed by atoms with Crippen LogP contribution in [0.5, 0.6) is 0 Å². The highest BCUT2D eigenvalue weighted by Crippen LogP contribution is 2.13. The van der Waals surface area contributed by atoms with Crippen LogP contribution in [0.1, 0.15) is 91.9 Å². The van der Waals surface area contributed by atoms with Gasteiger partial charge in [-0.1, -0.05) is 47.0 Å². The summed E-state index contributed by atoms with van der Waals surface area (Å²) in [5, 5.41) is 0. The molecule has 0 radical (unpaired) electrons. The number of rotatable bonds is 15. The minimum atomic E-state index is -0.155. The molecule has 0 N–H and O–H groups in total. The lowest BCUT2D eigenvalue weighted by Crippen LogP contribution is -2.14. The van der Waals surface area contributed by atoms with Crippen molar-refractivity contribution in [1.82, 2.24) is 0 Å². The van der Waals surface area contributed by atoms with Crippen LogP contribution in [0.3, 0.4) is 0 Å². The molecule has 0 saturated heterocycles. The van der Waals surface area contributed by atoms with E-state index in [9.17, 15) is 9.59 Å². The molecule has 0 spiro atoms. The van der Waals surface area contributed by atoms with Crippen molar-refractivity contribution in [1.29, 1.82) is 0 Å². The highest BCUT2D eigenvalue weighted by atomic mass is 16.5. The SMILES string of the molecule is CCCCC(CC)COC(=O)CCCCC(=O)OCCCC(C)C. The largest absolute Gasteiger partial charge is 0.466 e. The van der Waals surface area contributed by atoms with Crippen molar-refractivity contribution in [2.45, 2.75) is 91.9 Å². The molecule has 0 bridgehead atoms. The second kappa shape index (κ2) is 15.5. The maximum atomic E-state index is 11.7. The second-order valence-electron chi connectivity index (χ2n) is 7.06. The number of hydrogen-bond donors (Lipinski definition) is 0. The molecule has 0 aliphatic rings. The Morgan fingerprint density at radius 3 is 2.00 bits per heavy atom. The van der Waals surface area contributed by atoms with Crippen LogP contribution < -0.4 is 0 Å². The van der Waals surface area contributed by atoms with E-state index in [-0.39, 0.29) is 11.9 Å². The summed E-state index contributed by atoms with van der Waals surface area (Å²) in [7, 11) is 0. The first kappa shape index (κ1) is 22.9. The van der Waals surface area contributed by atoms with Gasteiger partial charge in [0.1, 0.15) is 0 Å². The number of carbonyl (C=O) groups is 2. The maximum Gasteiger partial charge on any atom is 0.305 e. The summed E-state index contributed by atoms with van der Waals surface area (Å²) < 4.78 is 10.5. The standard InChI is InChI=1S/C20H38O4/c1-5-7-12-18(6-2)16-24-20(22)14-9-8-13-19(21)23-15-10-11-17(3)4/h17-18H,5-16H2,1-4H3. The summed E-state index contributed by atoms with van der Waals surface area (Å²) in [5.41, 5.74) is 0. The summed E-state index contributed by atoms with van der Waals surface area (Å²) in [6.45, 7) is 9.68. The van der Waals surface area contributed by atoms with Crippen LogP contribution in [0.25, 0.3) is 0 Å². The van der Waals surface area contributed by atoms with E-state index in [1.54, 1.807) is 0 Å². The lowest BCUT2D eigenvalue weighted by atomic mass is 10.0. The summed E-state index contributed by atoms with van der Waals surface area (Å²) in [5.74, 6) is 0.826. The topological polar surface area (TPSA) is 52.6 Å². The quantitative estimate of drug-likeness (QED) is 0.300. The smallest absolute Gasteiger partial charge is 0.305 e. The van der Waals surface area contributed by atoms with Crippen molar-refractivity contribution in [3.8, 4) is 0 Å². The normalized spacial score (nSPS) is 12.2. The lowest BCUT2D eigenvalue weighted by molar-refractivity contribution is -0.146. The zero-order chi connectivity index (χ0) is 18.2. The third-order valence-corrected chi connectivity index (χ3v) is 4.22. The fraction of sp³-hybridized carbons (Fsp3) is 0.900. The van der Waals surface area contributed by atoms with Gasteiger partial charge < -0.3 is 9.47 Å². The third-order valence-electron chi connectivity index (χ3n) is 4.22. The molecule has 0 rings (SSSR count). The van der Waals surface area contributed by atoms with E-state index in [4.69, 9.17) is 9.47 Å². The highest BCUT2D eigenvalue weighted by Gasteiger charge is 2.10. The van der Waals surface area contributed by atoms with E-state index in [1.807, 2.05) is 0 Å². The Hall–Kier alpha value is -1.06. The van der Waals surface area contributed by atoms with Gasteiger partial charge in [0.15, 0.2) is 0 Å². The summed E-state index contributed by atoms with van der Waals surface area (Å²) in [4.78, 5) is 23.3. The highest BCUT2D eigenvalue weighted by molar-refractivity contribution is 5.70. The van der Waals surface area contributed by atoms with Gasteiger partial charge in [-0.2, -0.15) is 0 Å². The zero-order valence-corrected chi connectivity index (χ0v) is 16.3. The van der Waals surface area contributed by atoms with Crippen molar-refractivity contribution >= 4 is 11.9 Å². The van der Waals surface area contributed by atoms with E-state index in [2.05, 4.69) is 27.7 Å². The first-order valence-corrected chi connectivity index (χ1v) is 9.80. The molecule has 142 valence electrons. The van der Waals surface area contributed by atoms with Gasteiger partial charge in [-0.05, 0) is 43.9 Å². The van der Waals surface area contributed by atoms with Crippen molar-refractivity contribution < 1.29 is 19.1 Å². The predicted molar refractivity (Wildman–Crippen MR) is 97.8 cm³/mol. The Balaban J connectivity index is 3.58. The van der Waals surface area contributed by atoms with Gasteiger partial charge in [-0.25, -0.2) is 0 Å². The molecule has 0 aliphatic carbocycles. The van der Waals surface area contributed by atoms with Gasteiger partial charge >= 0.3 is 11.9 Å². The maximum absolute atomic E-state index is 11.7. The Morgan fingerprint density at radius 2 is 1.46 bits per heavy atom. The van der Waals surface area contributed by atoms with E-state index >= 15 is 0 Å². The van der Waals surface area contributed by atoms with Crippen LogP contribution in [0.2, 0.25) is 0 Å². The van der Waals surface area contributed by atoms with E-state index in [0.717, 1.165) is 25.7 Å². The Kier molecular flexibility index (Phi) is 14.8. The molecule has 0 fully saturated rings. The molecule has 24 heavy (non-hydrogen) atoms. The molecule has 0 heterocycles. The fourth-order valence-corrected chi connectivity index (χ4v) is 2.47. The zero-order valence-electron chi connectivity index (χ0n) is 16.3. The third kappa shape index (κ3) is 14.5. The molecule has 4 nitrogen and oxygen atoms in total. The summed E-state index contributed by atoms with van der Waals surface area (Å²) in [6.07, 6.45) is 8.71. The van der Waals surface area contributed by atoms with Crippen LogP contribution in [0.15, 0.2) is 0 Å². The molecule has 0 saturated carbocycles. The van der Waals surface area contributed by atoms with Crippen LogP contribution in [-0.2, 0) is 19.1 Å². The molecular weight excluding hydrogens is 304 g/mol. The van der Waals surface area contributed by atoms with Crippen LogP contribution >= 0.6 is 0 Å². The predicted octanol–water partition coefficient (Wildman–Crippen LogP) is 5.29. The van der Waals surface area contributed by atoms with Gasteiger partial charge in [0, 0.05) is 12.8 Å². The lowest BCUT2D eigenvalue weighted by Gasteiger charge is -2.14. The van der Waals surface area contributed by atoms with Gasteiger partial charge in [0.2, 0.25) is 0 Å². The average Bonchev–Trinajstić information content (AvgIpc) is 2.55. The molecule has 0 amide bonds. The number of carbonyl (C=O) groups excluding carboxylic acids is 2. The number of esters is 2. The van der Waals surface area contributed by atoms with Gasteiger partial charge in [0.25, 0.3) is 0 Å². The van der Waals surface area contributed by atoms with Crippen molar-refractivity contribution in [3.63, 3.8) is 0 Å². The number of unbranched alkanes of at least 4 members (excludes halogenated alkanes) is 2. The molecule has 0 aromatic heterocycles. The average molecular weight is 343 g/mol. The van der Waals surface area contributed by atoms with Gasteiger partial charge in [0.05, 0.1) is 13.2 Å². The fourth-order valence-electron chi connectivity index (χ4n) is 2.47. The van der Waals surface area contributed by atoms with Crippen molar-refractivity contribution in [2.75, 3.05) is 13.2 Å². The minimum absolute atomic E-state index is 0.143. The first-order valence-electron chi connectivity index (χ1n) is 9.80. The minimum Gasteiger partial charge on any atom is -0.466 e. The Morgan fingerprint density at radius 1 is 0.833 bits per heavy atom. The summed E-state index contributed by atoms with van der Waals surface area (Å²) in [6, 6.07) is 0. The molecular formula is C20H38O4. The van der Waals surface area contributed by atoms with Crippen LogP contribution in [-0.4, -0.2) is 25.2 Å². The Bertz CT molecular complexity index is 326. The van der Waals surface area contributed by atoms with Crippen molar-refractivity contribution in [2.24, 2.45) is 11.8 Å². The molecule has 4 heteroatoms. The van der Waals surface area contributed by atoms with Crippen LogP contribution in [0.4, 0.5) is 0 Å². The number of hydrogen-bond acceptors (Lipinski definition) is 4. The van der Waals surface area contributed by atoms with E-state index < -0.39 is 0 Å². The summed E-state index contributed by atoms with van der Waals surface area (Å²) >= 11 is 0. The first-order chi connectivity index (χ1) is 11.5. The number of ether oxygens (including phenoxy) is 2. The van der Waals surface area contributed by atoms with E-state index in [0.29, 0.717) is 50.7 Å². The Labute approximate surface area is 148 Å². The van der Waals surface area contributed by atoms with Gasteiger partial charge in [-0.3, -0.25) is 9.59 Å². The monoisotopic (exact) mass is 342 g/mol. The second-order valence-corrected chi connectivity index (χ2v) is 7.06. The van der Waals surface area contributed by atoms with E-state index in [1.165, 1.54) is 12.8 Å². The molecule has 1 atom stereocenters. The molecule has 0 aromatic rings. The van der Waals surface area contributed by atoms with Gasteiger partial charge in [-0.15, -0.1) is 0 Å². The molecule has 1 unspecified atom stereocenters. The van der Waals surface area contributed by atoms with Crippen molar-refractivity contribution in [3.05, 3.63) is 0 Å². The molecule has 0 aromatic carbocycles. The van der Waals surface area contributed by atoms with Crippen LogP contribution in [0, 0.1) is 11.8 Å². The molecule has 0 aliphatic heterocycles.